The summed E-state index contributed by atoms with van der Waals surface area (Å²) in [6.45, 7) is 0.876. The fourth-order valence-corrected chi connectivity index (χ4v) is 0.511. The zero-order valence-corrected chi connectivity index (χ0v) is 8.50. The molecule has 0 saturated heterocycles. The van der Waals surface area contributed by atoms with Crippen molar-refractivity contribution < 1.29 is 25.5 Å². The summed E-state index contributed by atoms with van der Waals surface area (Å²) in [5.41, 5.74) is 0. The molecule has 0 rings (SSSR count). The fraction of sp³-hybridized carbons (Fsp3) is 1.00. The first-order valence-electron chi connectivity index (χ1n) is 4.42. The van der Waals surface area contributed by atoms with Gasteiger partial charge in [0, 0.05) is 13.1 Å². The Morgan fingerprint density at radius 2 is 1.27 bits per heavy atom. The topological polar surface area (TPSA) is 104 Å². The van der Waals surface area contributed by atoms with E-state index in [0.717, 1.165) is 0 Å². The van der Waals surface area contributed by atoms with E-state index < -0.39 is 6.10 Å². The Hall–Kier alpha value is -0.240. The maximum atomic E-state index is 8.34. The van der Waals surface area contributed by atoms with E-state index >= 15 is 0 Å². The summed E-state index contributed by atoms with van der Waals surface area (Å²) >= 11 is 0. The van der Waals surface area contributed by atoms with Crippen molar-refractivity contribution in [1.82, 2.24) is 4.90 Å². The Kier molecular flexibility index (Phi) is 21.8. The van der Waals surface area contributed by atoms with Crippen molar-refractivity contribution in [2.45, 2.75) is 13.5 Å². The van der Waals surface area contributed by atoms with Gasteiger partial charge >= 0.3 is 0 Å². The van der Waals surface area contributed by atoms with Crippen molar-refractivity contribution in [3.63, 3.8) is 0 Å². The third-order valence-corrected chi connectivity index (χ3v) is 1.38. The van der Waals surface area contributed by atoms with E-state index in [0.29, 0.717) is 13.1 Å². The van der Waals surface area contributed by atoms with Crippen LogP contribution in [0.3, 0.4) is 0 Å². The summed E-state index contributed by atoms with van der Waals surface area (Å²) in [6, 6.07) is 0. The van der Waals surface area contributed by atoms with Gasteiger partial charge in [-0.25, -0.2) is 0 Å². The largest absolute Gasteiger partial charge is 0.395 e. The summed E-state index contributed by atoms with van der Waals surface area (Å²) in [5.74, 6) is 0. The molecule has 0 aromatic rings. The molecule has 0 bridgehead atoms. The van der Waals surface area contributed by atoms with E-state index in [2.05, 4.69) is 0 Å². The second-order valence-corrected chi connectivity index (χ2v) is 2.77. The number of likely N-dealkylation sites (N-methyl/N-ethyl adjacent to an activating group) is 1. The van der Waals surface area contributed by atoms with Gasteiger partial charge in [-0.05, 0) is 7.05 Å². The molecular weight excluding hydrogens is 202 g/mol. The van der Waals surface area contributed by atoms with Crippen LogP contribution in [0.15, 0.2) is 0 Å². The van der Waals surface area contributed by atoms with Gasteiger partial charge < -0.3 is 30.4 Å². The number of aliphatic hydroxyl groups is 5. The Morgan fingerprint density at radius 1 is 0.933 bits per heavy atom. The number of rotatable bonds is 6. The zero-order valence-electron chi connectivity index (χ0n) is 8.50. The molecule has 0 spiro atoms. The lowest BCUT2D eigenvalue weighted by molar-refractivity contribution is 0.0450. The van der Waals surface area contributed by atoms with E-state index in [4.69, 9.17) is 25.5 Å². The molecule has 0 aliphatic rings. The lowest BCUT2D eigenvalue weighted by atomic mass is 10.4. The Bertz CT molecular complexity index is 94.5. The molecule has 96 valence electrons. The van der Waals surface area contributed by atoms with Crippen molar-refractivity contribution in [3.8, 4) is 0 Å². The average molecular weight is 227 g/mol. The zero-order chi connectivity index (χ0) is 11.4. The minimum Gasteiger partial charge on any atom is -0.395 e. The lowest BCUT2D eigenvalue weighted by Crippen LogP contribution is -2.25. The predicted octanol–water partition coefficient (Wildman–Crippen LogP) is -2.13. The number of hydrogen-bond donors (Lipinski definition) is 5. The van der Waals surface area contributed by atoms with Gasteiger partial charge in [0.05, 0.1) is 26.4 Å². The van der Waals surface area contributed by atoms with Crippen LogP contribution in [0, 0.1) is 0 Å². The smallest absolute Gasteiger partial charge is 0.100 e. The molecule has 0 aliphatic carbocycles. The van der Waals surface area contributed by atoms with Gasteiger partial charge in [0.1, 0.15) is 6.10 Å². The molecule has 15 heavy (non-hydrogen) atoms. The van der Waals surface area contributed by atoms with E-state index in [1.165, 1.54) is 0 Å². The lowest BCUT2D eigenvalue weighted by Gasteiger charge is -2.11. The molecule has 0 amide bonds. The Morgan fingerprint density at radius 3 is 1.40 bits per heavy atom. The molecule has 0 heterocycles. The first kappa shape index (κ1) is 20.2. The van der Waals surface area contributed by atoms with Crippen LogP contribution in [0.1, 0.15) is 7.43 Å². The third-order valence-electron chi connectivity index (χ3n) is 1.38. The van der Waals surface area contributed by atoms with Crippen LogP contribution in [0.4, 0.5) is 0 Å². The summed E-state index contributed by atoms with van der Waals surface area (Å²) in [6.07, 6.45) is -0.954. The second kappa shape index (κ2) is 16.2. The minimum atomic E-state index is -0.954. The molecule has 6 nitrogen and oxygen atoms in total. The van der Waals surface area contributed by atoms with Crippen molar-refractivity contribution in [2.24, 2.45) is 0 Å². The SMILES string of the molecule is C.CN(CCO)CCO.OCC(O)CO. The molecular formula is C9H25NO5. The molecule has 0 unspecified atom stereocenters. The van der Waals surface area contributed by atoms with E-state index in [9.17, 15) is 0 Å². The molecule has 0 fully saturated rings. The molecule has 0 aliphatic heterocycles. The Labute approximate surface area is 91.4 Å². The monoisotopic (exact) mass is 227 g/mol. The van der Waals surface area contributed by atoms with Crippen LogP contribution in [-0.4, -0.2) is 83.1 Å². The number of aliphatic hydroxyl groups excluding tert-OH is 5. The van der Waals surface area contributed by atoms with Crippen molar-refractivity contribution in [3.05, 3.63) is 0 Å². The van der Waals surface area contributed by atoms with Gasteiger partial charge in [0.2, 0.25) is 0 Å². The van der Waals surface area contributed by atoms with Gasteiger partial charge in [0.15, 0.2) is 0 Å². The second-order valence-electron chi connectivity index (χ2n) is 2.77. The van der Waals surface area contributed by atoms with Crippen LogP contribution in [0.25, 0.3) is 0 Å². The van der Waals surface area contributed by atoms with E-state index in [-0.39, 0.29) is 33.9 Å². The van der Waals surface area contributed by atoms with Crippen LogP contribution in [-0.2, 0) is 0 Å². The predicted molar refractivity (Wildman–Crippen MR) is 58.6 cm³/mol. The number of nitrogens with zero attached hydrogens (tertiary/aromatic N) is 1. The first-order chi connectivity index (χ1) is 6.62. The van der Waals surface area contributed by atoms with Gasteiger partial charge in [-0.2, -0.15) is 0 Å². The normalized spacial score (nSPS) is 9.60. The van der Waals surface area contributed by atoms with Crippen LogP contribution >= 0.6 is 0 Å². The van der Waals surface area contributed by atoms with Crippen LogP contribution in [0.2, 0.25) is 0 Å². The first-order valence-corrected chi connectivity index (χ1v) is 4.42. The summed E-state index contributed by atoms with van der Waals surface area (Å²) in [7, 11) is 1.85. The standard InChI is InChI=1S/C5H13NO2.C3H8O3.CH4/c1-6(2-4-7)3-5-8;4-1-3(6)2-5;/h7-8H,2-5H2,1H3;3-6H,1-2H2;1H4. The van der Waals surface area contributed by atoms with Gasteiger partial charge in [-0.15, -0.1) is 0 Å². The molecule has 6 heteroatoms. The molecule has 5 N–H and O–H groups in total. The van der Waals surface area contributed by atoms with Crippen molar-refractivity contribution in [2.75, 3.05) is 46.6 Å². The Balaban J connectivity index is -0.000000187. The highest BCUT2D eigenvalue weighted by Crippen LogP contribution is 1.76. The number of hydrogen-bond acceptors (Lipinski definition) is 6. The summed E-state index contributed by atoms with van der Waals surface area (Å²) in [4.78, 5) is 1.86. The third kappa shape index (κ3) is 20.0. The average Bonchev–Trinajstić information content (AvgIpc) is 2.18. The highest BCUT2D eigenvalue weighted by Gasteiger charge is 1.93. The highest BCUT2D eigenvalue weighted by molar-refractivity contribution is 4.45. The fourth-order valence-electron chi connectivity index (χ4n) is 0.511. The highest BCUT2D eigenvalue weighted by atomic mass is 16.3. The van der Waals surface area contributed by atoms with Crippen molar-refractivity contribution in [1.29, 1.82) is 0 Å². The quantitative estimate of drug-likeness (QED) is 0.355. The van der Waals surface area contributed by atoms with Gasteiger partial charge in [0.25, 0.3) is 0 Å². The maximum Gasteiger partial charge on any atom is 0.100 e. The van der Waals surface area contributed by atoms with E-state index in [1.807, 2.05) is 11.9 Å². The molecule has 0 aromatic carbocycles. The summed E-state index contributed by atoms with van der Waals surface area (Å²) in [5, 5.41) is 40.7. The molecule has 0 saturated carbocycles. The molecule has 0 aromatic heterocycles. The maximum absolute atomic E-state index is 8.34. The van der Waals surface area contributed by atoms with E-state index in [1.54, 1.807) is 0 Å². The van der Waals surface area contributed by atoms with Gasteiger partial charge in [-0.1, -0.05) is 7.43 Å². The van der Waals surface area contributed by atoms with Gasteiger partial charge in [-0.3, -0.25) is 0 Å². The minimum absolute atomic E-state index is 0. The van der Waals surface area contributed by atoms with Crippen molar-refractivity contribution >= 4 is 0 Å². The van der Waals surface area contributed by atoms with Crippen LogP contribution in [0.5, 0.6) is 0 Å². The molecule has 0 radical (unpaired) electrons. The summed E-state index contributed by atoms with van der Waals surface area (Å²) < 4.78 is 0. The van der Waals surface area contributed by atoms with Crippen LogP contribution < -0.4 is 0 Å². The molecule has 0 atom stereocenters.